The van der Waals surface area contributed by atoms with Crippen molar-refractivity contribution in [3.63, 3.8) is 0 Å². The Labute approximate surface area is 139 Å². The first-order valence-corrected chi connectivity index (χ1v) is 8.25. The topological polar surface area (TPSA) is 55.7 Å². The van der Waals surface area contributed by atoms with Crippen LogP contribution in [0.15, 0.2) is 34.3 Å². The number of anilines is 1. The van der Waals surface area contributed by atoms with Crippen LogP contribution in [0.4, 0.5) is 11.4 Å². The molecule has 0 amide bonds. The molecule has 6 nitrogen and oxygen atoms in total. The Morgan fingerprint density at radius 1 is 0.958 bits per heavy atom. The van der Waals surface area contributed by atoms with Crippen molar-refractivity contribution in [1.82, 2.24) is 0 Å². The summed E-state index contributed by atoms with van der Waals surface area (Å²) < 4.78 is 17.6. The molecule has 0 unspecified atom stereocenters. The van der Waals surface area contributed by atoms with Crippen LogP contribution in [0.1, 0.15) is 6.92 Å². The van der Waals surface area contributed by atoms with E-state index in [1.165, 1.54) is 0 Å². The molecule has 2 aromatic rings. The van der Waals surface area contributed by atoms with Crippen molar-refractivity contribution in [2.24, 2.45) is 9.98 Å². The maximum atomic E-state index is 6.11. The maximum Gasteiger partial charge on any atom is 0.155 e. The first-order chi connectivity index (χ1) is 11.8. The monoisotopic (exact) mass is 323 g/mol. The summed E-state index contributed by atoms with van der Waals surface area (Å²) in [5.74, 6) is 3.10. The summed E-state index contributed by atoms with van der Waals surface area (Å²) in [4.78, 5) is 11.5. The van der Waals surface area contributed by atoms with Gasteiger partial charge in [0, 0.05) is 30.8 Å². The molecule has 2 aromatic carbocycles. The summed E-state index contributed by atoms with van der Waals surface area (Å²) in [7, 11) is 0. The predicted molar refractivity (Wildman–Crippen MR) is 88.7 cm³/mol. The van der Waals surface area contributed by atoms with E-state index in [1.807, 2.05) is 24.3 Å². The molecule has 0 saturated heterocycles. The fourth-order valence-corrected chi connectivity index (χ4v) is 3.30. The maximum absolute atomic E-state index is 6.11. The lowest BCUT2D eigenvalue weighted by Crippen LogP contribution is -2.32. The highest BCUT2D eigenvalue weighted by Crippen LogP contribution is 2.44. The van der Waals surface area contributed by atoms with Gasteiger partial charge in [0.1, 0.15) is 41.1 Å². The zero-order chi connectivity index (χ0) is 16.1. The molecule has 5 rings (SSSR count). The molecule has 0 bridgehead atoms. The summed E-state index contributed by atoms with van der Waals surface area (Å²) in [6.45, 7) is 5.95. The van der Waals surface area contributed by atoms with E-state index in [9.17, 15) is 0 Å². The van der Waals surface area contributed by atoms with Gasteiger partial charge in [-0.05, 0) is 6.92 Å². The number of likely N-dealkylation sites (N-methyl/N-ethyl adjacent to an activating group) is 1. The van der Waals surface area contributed by atoms with Crippen LogP contribution >= 0.6 is 0 Å². The SMILES string of the molecule is CCN1CCOc2cc3c(cc21)Oc1cc2c(cc1=N3)OCCN=2. The highest BCUT2D eigenvalue weighted by atomic mass is 16.5. The molecule has 0 aromatic heterocycles. The van der Waals surface area contributed by atoms with Crippen LogP contribution in [-0.2, 0) is 0 Å². The number of nitrogens with zero attached hydrogens (tertiary/aromatic N) is 3. The van der Waals surface area contributed by atoms with Gasteiger partial charge in [-0.2, -0.15) is 0 Å². The van der Waals surface area contributed by atoms with Gasteiger partial charge in [-0.1, -0.05) is 0 Å². The van der Waals surface area contributed by atoms with Gasteiger partial charge in [0.15, 0.2) is 11.5 Å². The van der Waals surface area contributed by atoms with Crippen LogP contribution in [-0.4, -0.2) is 32.8 Å². The number of benzene rings is 2. The first-order valence-electron chi connectivity index (χ1n) is 8.25. The van der Waals surface area contributed by atoms with Crippen molar-refractivity contribution in [3.05, 3.63) is 35.0 Å². The molecule has 0 saturated carbocycles. The summed E-state index contributed by atoms with van der Waals surface area (Å²) >= 11 is 0. The molecule has 0 N–H and O–H groups in total. The fraction of sp³-hybridized carbons (Fsp3) is 0.333. The molecule has 0 radical (unpaired) electrons. The zero-order valence-electron chi connectivity index (χ0n) is 13.4. The van der Waals surface area contributed by atoms with Gasteiger partial charge in [0.05, 0.1) is 18.8 Å². The van der Waals surface area contributed by atoms with E-state index in [0.29, 0.717) is 19.8 Å². The zero-order valence-corrected chi connectivity index (χ0v) is 13.4. The van der Waals surface area contributed by atoms with E-state index in [2.05, 4.69) is 16.8 Å². The third-order valence-electron chi connectivity index (χ3n) is 4.51. The second-order valence-electron chi connectivity index (χ2n) is 5.95. The summed E-state index contributed by atoms with van der Waals surface area (Å²) in [5, 5.41) is 1.59. The molecule has 0 atom stereocenters. The Hall–Kier alpha value is -2.76. The lowest BCUT2D eigenvalue weighted by molar-refractivity contribution is 0.307. The molecule has 3 aliphatic heterocycles. The van der Waals surface area contributed by atoms with Gasteiger partial charge in [-0.15, -0.1) is 0 Å². The number of rotatable bonds is 1. The first kappa shape index (κ1) is 13.7. The minimum Gasteiger partial charge on any atom is -0.489 e. The number of ether oxygens (including phenoxy) is 3. The van der Waals surface area contributed by atoms with Crippen molar-refractivity contribution in [3.8, 4) is 23.0 Å². The lowest BCUT2D eigenvalue weighted by atomic mass is 10.1. The highest BCUT2D eigenvalue weighted by Gasteiger charge is 2.23. The molecular weight excluding hydrogens is 306 g/mol. The third-order valence-corrected chi connectivity index (χ3v) is 4.51. The van der Waals surface area contributed by atoms with E-state index in [1.54, 1.807) is 0 Å². The molecule has 24 heavy (non-hydrogen) atoms. The molecule has 122 valence electrons. The van der Waals surface area contributed by atoms with E-state index >= 15 is 0 Å². The Morgan fingerprint density at radius 2 is 1.83 bits per heavy atom. The molecule has 3 heterocycles. The standard InChI is InChI=1S/C18H17N3O3/c1-2-21-4-6-23-18-9-13-17(10-14(18)21)24-16-7-11-15(8-12(16)20-13)22-5-3-19-11/h7-10H,2-6H2,1H3. The van der Waals surface area contributed by atoms with E-state index in [4.69, 9.17) is 19.2 Å². The minimum atomic E-state index is 0.609. The van der Waals surface area contributed by atoms with E-state index in [-0.39, 0.29) is 0 Å². The highest BCUT2D eigenvalue weighted by molar-refractivity contribution is 5.72. The third kappa shape index (κ3) is 2.02. The molecule has 3 aliphatic rings. The number of hydrogen-bond donors (Lipinski definition) is 0. The Kier molecular flexibility index (Phi) is 2.92. The molecule has 0 aliphatic carbocycles. The van der Waals surface area contributed by atoms with Crippen molar-refractivity contribution >= 4 is 11.4 Å². The van der Waals surface area contributed by atoms with Crippen LogP contribution in [0.25, 0.3) is 0 Å². The average Bonchev–Trinajstić information content (AvgIpc) is 2.62. The molecular formula is C18H17N3O3. The largest absolute Gasteiger partial charge is 0.489 e. The van der Waals surface area contributed by atoms with Crippen molar-refractivity contribution in [2.45, 2.75) is 6.92 Å². The Bertz CT molecular complexity index is 955. The summed E-state index contributed by atoms with van der Waals surface area (Å²) in [5.41, 5.74) is 1.85. The fourth-order valence-electron chi connectivity index (χ4n) is 3.30. The van der Waals surface area contributed by atoms with Crippen molar-refractivity contribution in [2.75, 3.05) is 37.7 Å². The van der Waals surface area contributed by atoms with Gasteiger partial charge in [0.2, 0.25) is 0 Å². The second-order valence-corrected chi connectivity index (χ2v) is 5.95. The van der Waals surface area contributed by atoms with Gasteiger partial charge < -0.3 is 19.1 Å². The van der Waals surface area contributed by atoms with Gasteiger partial charge >= 0.3 is 0 Å². The minimum absolute atomic E-state index is 0.609. The smallest absolute Gasteiger partial charge is 0.155 e. The molecule has 0 spiro atoms. The lowest BCUT2D eigenvalue weighted by Gasteiger charge is -2.31. The quantitative estimate of drug-likeness (QED) is 0.687. The molecule has 6 heteroatoms. The van der Waals surface area contributed by atoms with E-state index < -0.39 is 0 Å². The summed E-state index contributed by atoms with van der Waals surface area (Å²) in [6, 6.07) is 7.78. The van der Waals surface area contributed by atoms with Crippen molar-refractivity contribution in [1.29, 1.82) is 0 Å². The van der Waals surface area contributed by atoms with Gasteiger partial charge in [0.25, 0.3) is 0 Å². The normalized spacial score (nSPS) is 16.8. The number of hydrogen-bond acceptors (Lipinski definition) is 6. The second kappa shape index (κ2) is 5.12. The van der Waals surface area contributed by atoms with Crippen LogP contribution in [0.5, 0.6) is 23.0 Å². The van der Waals surface area contributed by atoms with Gasteiger partial charge in [-0.3, -0.25) is 4.99 Å². The van der Waals surface area contributed by atoms with Crippen LogP contribution in [0, 0.1) is 0 Å². The molecule has 0 fully saturated rings. The van der Waals surface area contributed by atoms with Crippen LogP contribution in [0.3, 0.4) is 0 Å². The van der Waals surface area contributed by atoms with Crippen LogP contribution < -0.4 is 29.8 Å². The average molecular weight is 323 g/mol. The van der Waals surface area contributed by atoms with Crippen molar-refractivity contribution < 1.29 is 14.2 Å². The summed E-state index contributed by atoms with van der Waals surface area (Å²) in [6.07, 6.45) is 0. The number of fused-ring (bicyclic) bond motifs is 4. The van der Waals surface area contributed by atoms with Crippen LogP contribution in [0.2, 0.25) is 0 Å². The Morgan fingerprint density at radius 3 is 2.75 bits per heavy atom. The Balaban J connectivity index is 1.67. The van der Waals surface area contributed by atoms with E-state index in [0.717, 1.165) is 58.2 Å². The predicted octanol–water partition coefficient (Wildman–Crippen LogP) is 1.97. The van der Waals surface area contributed by atoms with Gasteiger partial charge in [-0.25, -0.2) is 4.99 Å².